The van der Waals surface area contributed by atoms with Crippen LogP contribution in [0.3, 0.4) is 0 Å². The third-order valence-electron chi connectivity index (χ3n) is 6.06. The first kappa shape index (κ1) is 20.2. The first-order valence-electron chi connectivity index (χ1n) is 10.5. The lowest BCUT2D eigenvalue weighted by molar-refractivity contribution is -0.135. The van der Waals surface area contributed by atoms with Gasteiger partial charge in [-0.1, -0.05) is 44.2 Å². The van der Waals surface area contributed by atoms with Crippen LogP contribution in [0.2, 0.25) is 0 Å². The molecule has 158 valence electrons. The van der Waals surface area contributed by atoms with Crippen molar-refractivity contribution in [3.05, 3.63) is 59.9 Å². The summed E-state index contributed by atoms with van der Waals surface area (Å²) >= 11 is 0. The zero-order chi connectivity index (χ0) is 21.3. The lowest BCUT2D eigenvalue weighted by atomic mass is 9.85. The number of piperidine rings is 1. The Morgan fingerprint density at radius 2 is 1.77 bits per heavy atom. The van der Waals surface area contributed by atoms with Gasteiger partial charge in [0, 0.05) is 32.4 Å². The van der Waals surface area contributed by atoms with Crippen LogP contribution in [-0.2, 0) is 11.3 Å². The second-order valence-electron chi connectivity index (χ2n) is 8.57. The number of imide groups is 1. The number of nitrogens with one attached hydrogen (secondary N) is 1. The van der Waals surface area contributed by atoms with Gasteiger partial charge in [0.05, 0.1) is 0 Å². The topological polar surface area (TPSA) is 76.7 Å². The molecule has 30 heavy (non-hydrogen) atoms. The van der Waals surface area contributed by atoms with E-state index >= 15 is 0 Å². The minimum absolute atomic E-state index is 0.0692. The predicted octanol–water partition coefficient (Wildman–Crippen LogP) is 3.11. The average molecular weight is 409 g/mol. The van der Waals surface area contributed by atoms with E-state index in [1.54, 1.807) is 28.1 Å². The maximum atomic E-state index is 13.5. The number of aromatic amines is 1. The number of hydrogen-bond donors (Lipinski definition) is 1. The summed E-state index contributed by atoms with van der Waals surface area (Å²) < 4.78 is 0. The Hall–Kier alpha value is -3.09. The number of carbonyl (C=O) groups is 3. The number of amides is 4. The normalized spacial score (nSPS) is 18.7. The van der Waals surface area contributed by atoms with Crippen molar-refractivity contribution in [1.82, 2.24) is 19.7 Å². The van der Waals surface area contributed by atoms with Gasteiger partial charge in [-0.2, -0.15) is 0 Å². The fourth-order valence-corrected chi connectivity index (χ4v) is 4.49. The van der Waals surface area contributed by atoms with Crippen molar-refractivity contribution in [2.24, 2.45) is 5.92 Å². The molecule has 7 nitrogen and oxygen atoms in total. The Morgan fingerprint density at radius 1 is 1.07 bits per heavy atom. The molecule has 3 heterocycles. The number of nitrogens with zero attached hydrogens (tertiary/aromatic N) is 3. The van der Waals surface area contributed by atoms with Crippen LogP contribution >= 0.6 is 0 Å². The van der Waals surface area contributed by atoms with Gasteiger partial charge < -0.3 is 14.8 Å². The van der Waals surface area contributed by atoms with Crippen molar-refractivity contribution >= 4 is 17.8 Å². The molecule has 2 saturated heterocycles. The highest BCUT2D eigenvalue weighted by atomic mass is 16.2. The fraction of sp³-hybridized carbons (Fsp3) is 0.435. The van der Waals surface area contributed by atoms with E-state index in [0.29, 0.717) is 44.7 Å². The van der Waals surface area contributed by atoms with Crippen molar-refractivity contribution < 1.29 is 14.4 Å². The summed E-state index contributed by atoms with van der Waals surface area (Å²) in [4.78, 5) is 47.3. The van der Waals surface area contributed by atoms with E-state index in [4.69, 9.17) is 0 Å². The molecule has 0 aliphatic carbocycles. The van der Waals surface area contributed by atoms with Crippen molar-refractivity contribution in [2.45, 2.75) is 38.8 Å². The second kappa shape index (κ2) is 7.97. The molecule has 2 aliphatic rings. The lowest BCUT2D eigenvalue weighted by Crippen LogP contribution is -2.57. The Kier molecular flexibility index (Phi) is 5.37. The molecule has 1 aromatic carbocycles. The van der Waals surface area contributed by atoms with Gasteiger partial charge in [0.2, 0.25) is 0 Å². The number of hydrogen-bond acceptors (Lipinski definition) is 3. The van der Waals surface area contributed by atoms with Crippen LogP contribution in [-0.4, -0.2) is 62.7 Å². The summed E-state index contributed by atoms with van der Waals surface area (Å²) in [6, 6.07) is 13.1. The van der Waals surface area contributed by atoms with Gasteiger partial charge in [-0.15, -0.1) is 0 Å². The van der Waals surface area contributed by atoms with Crippen LogP contribution in [0.5, 0.6) is 0 Å². The number of benzene rings is 1. The number of carbonyl (C=O) groups excluding carboxylic acids is 3. The van der Waals surface area contributed by atoms with E-state index in [-0.39, 0.29) is 23.8 Å². The molecule has 0 atom stereocenters. The lowest BCUT2D eigenvalue weighted by Gasteiger charge is -2.42. The molecule has 0 radical (unpaired) electrons. The Morgan fingerprint density at radius 3 is 2.37 bits per heavy atom. The molecule has 2 aromatic rings. The van der Waals surface area contributed by atoms with E-state index in [2.05, 4.69) is 4.98 Å². The minimum Gasteiger partial charge on any atom is -0.357 e. The first-order valence-corrected chi connectivity index (χ1v) is 10.5. The Bertz CT molecular complexity index is 915. The number of urea groups is 1. The van der Waals surface area contributed by atoms with Crippen molar-refractivity contribution in [3.8, 4) is 0 Å². The standard InChI is InChI=1S/C23H28N4O3/c1-17(2)15-26-21(29)23(27(22(26)30)16-18-7-4-3-5-8-18)10-13-25(14-11-23)20(28)19-9-6-12-24-19/h3-9,12,17,24H,10-11,13-16H2,1-2H3. The molecular formula is C23H28N4O3. The Labute approximate surface area is 176 Å². The van der Waals surface area contributed by atoms with Crippen LogP contribution in [0.25, 0.3) is 0 Å². The van der Waals surface area contributed by atoms with Gasteiger partial charge in [0.15, 0.2) is 0 Å². The van der Waals surface area contributed by atoms with Gasteiger partial charge in [-0.25, -0.2) is 4.79 Å². The van der Waals surface area contributed by atoms with Crippen LogP contribution in [0.4, 0.5) is 4.79 Å². The molecular weight excluding hydrogens is 380 g/mol. The van der Waals surface area contributed by atoms with Gasteiger partial charge in [-0.3, -0.25) is 14.5 Å². The van der Waals surface area contributed by atoms with Crippen molar-refractivity contribution in [1.29, 1.82) is 0 Å². The van der Waals surface area contributed by atoms with E-state index < -0.39 is 5.54 Å². The zero-order valence-electron chi connectivity index (χ0n) is 17.5. The quantitative estimate of drug-likeness (QED) is 0.773. The number of likely N-dealkylation sites (tertiary alicyclic amines) is 1. The van der Waals surface area contributed by atoms with E-state index in [1.165, 1.54) is 4.90 Å². The summed E-state index contributed by atoms with van der Waals surface area (Å²) in [6.45, 7) is 5.70. The molecule has 0 unspecified atom stereocenters. The summed E-state index contributed by atoms with van der Waals surface area (Å²) in [7, 11) is 0. The van der Waals surface area contributed by atoms with Crippen molar-refractivity contribution in [2.75, 3.05) is 19.6 Å². The van der Waals surface area contributed by atoms with Gasteiger partial charge in [-0.05, 0) is 36.5 Å². The van der Waals surface area contributed by atoms with Crippen LogP contribution in [0.15, 0.2) is 48.7 Å². The number of aromatic nitrogens is 1. The molecule has 0 bridgehead atoms. The SMILES string of the molecule is CC(C)CN1C(=O)N(Cc2ccccc2)C2(CCN(C(=O)c3ccc[nH]3)CC2)C1=O. The minimum atomic E-state index is -0.881. The largest absolute Gasteiger partial charge is 0.357 e. The summed E-state index contributed by atoms with van der Waals surface area (Å²) in [6.07, 6.45) is 2.63. The summed E-state index contributed by atoms with van der Waals surface area (Å²) in [5, 5.41) is 0. The molecule has 1 spiro atoms. The zero-order valence-corrected chi connectivity index (χ0v) is 17.5. The molecule has 2 aliphatic heterocycles. The third-order valence-corrected chi connectivity index (χ3v) is 6.06. The molecule has 7 heteroatoms. The molecule has 1 aromatic heterocycles. The van der Waals surface area contributed by atoms with Crippen LogP contribution in [0, 0.1) is 5.92 Å². The summed E-state index contributed by atoms with van der Waals surface area (Å²) in [5.74, 6) is 0.00513. The fourth-order valence-electron chi connectivity index (χ4n) is 4.49. The monoisotopic (exact) mass is 408 g/mol. The number of H-pyrrole nitrogens is 1. The molecule has 1 N–H and O–H groups in total. The average Bonchev–Trinajstić information content (AvgIpc) is 3.34. The smallest absolute Gasteiger partial charge is 0.327 e. The van der Waals surface area contributed by atoms with Crippen molar-refractivity contribution in [3.63, 3.8) is 0 Å². The van der Waals surface area contributed by atoms with Gasteiger partial charge >= 0.3 is 6.03 Å². The van der Waals surface area contributed by atoms with E-state index in [9.17, 15) is 14.4 Å². The first-order chi connectivity index (χ1) is 14.4. The Balaban J connectivity index is 1.59. The maximum absolute atomic E-state index is 13.5. The highest BCUT2D eigenvalue weighted by Crippen LogP contribution is 2.39. The van der Waals surface area contributed by atoms with Gasteiger partial charge in [0.25, 0.3) is 11.8 Å². The van der Waals surface area contributed by atoms with E-state index in [0.717, 1.165) is 5.56 Å². The predicted molar refractivity (Wildman–Crippen MR) is 113 cm³/mol. The summed E-state index contributed by atoms with van der Waals surface area (Å²) in [5.41, 5.74) is 0.658. The molecule has 0 saturated carbocycles. The highest BCUT2D eigenvalue weighted by Gasteiger charge is 2.58. The van der Waals surface area contributed by atoms with E-state index in [1.807, 2.05) is 44.2 Å². The third kappa shape index (κ3) is 3.49. The molecule has 4 amide bonds. The molecule has 4 rings (SSSR count). The highest BCUT2D eigenvalue weighted by molar-refractivity contribution is 6.07. The number of rotatable bonds is 5. The maximum Gasteiger partial charge on any atom is 0.327 e. The van der Waals surface area contributed by atoms with Crippen LogP contribution in [0.1, 0.15) is 42.7 Å². The van der Waals surface area contributed by atoms with Crippen LogP contribution < -0.4 is 0 Å². The molecule has 2 fully saturated rings. The second-order valence-corrected chi connectivity index (χ2v) is 8.57. The van der Waals surface area contributed by atoms with Gasteiger partial charge in [0.1, 0.15) is 11.2 Å².